The lowest BCUT2D eigenvalue weighted by Gasteiger charge is -2.15. The molecule has 1 aromatic heterocycles. The minimum atomic E-state index is -0.281. The first-order valence-corrected chi connectivity index (χ1v) is 4.38. The summed E-state index contributed by atoms with van der Waals surface area (Å²) in [4.78, 5) is 2.99. The number of hydrogen-bond acceptors (Lipinski definition) is 2. The SMILES string of the molecule is CC(C)(C#N)CNCc1cc[nH]c1. The normalized spacial score (nSPS) is 11.2. The summed E-state index contributed by atoms with van der Waals surface area (Å²) in [5, 5.41) is 12.0. The number of nitrogens with zero attached hydrogens (tertiary/aromatic N) is 1. The van der Waals surface area contributed by atoms with Gasteiger partial charge in [-0.1, -0.05) is 0 Å². The van der Waals surface area contributed by atoms with Crippen LogP contribution >= 0.6 is 0 Å². The van der Waals surface area contributed by atoms with Gasteiger partial charge in [0.05, 0.1) is 11.5 Å². The zero-order valence-electron chi connectivity index (χ0n) is 8.09. The van der Waals surface area contributed by atoms with Crippen molar-refractivity contribution in [1.82, 2.24) is 10.3 Å². The molecule has 0 unspecified atom stereocenters. The molecule has 0 aliphatic heterocycles. The highest BCUT2D eigenvalue weighted by Crippen LogP contribution is 2.10. The topological polar surface area (TPSA) is 51.6 Å². The van der Waals surface area contributed by atoms with Crippen molar-refractivity contribution >= 4 is 0 Å². The molecule has 3 heteroatoms. The second-order valence-corrected chi connectivity index (χ2v) is 3.82. The van der Waals surface area contributed by atoms with Crippen molar-refractivity contribution in [2.45, 2.75) is 20.4 Å². The summed E-state index contributed by atoms with van der Waals surface area (Å²) in [6.07, 6.45) is 3.85. The van der Waals surface area contributed by atoms with Crippen LogP contribution < -0.4 is 5.32 Å². The van der Waals surface area contributed by atoms with Crippen molar-refractivity contribution in [3.8, 4) is 6.07 Å². The summed E-state index contributed by atoms with van der Waals surface area (Å²) in [6.45, 7) is 5.39. The maximum atomic E-state index is 8.76. The monoisotopic (exact) mass is 177 g/mol. The molecule has 70 valence electrons. The maximum Gasteiger partial charge on any atom is 0.0697 e. The highest BCUT2D eigenvalue weighted by Gasteiger charge is 2.15. The molecule has 0 atom stereocenters. The molecule has 0 amide bonds. The zero-order valence-corrected chi connectivity index (χ0v) is 8.09. The van der Waals surface area contributed by atoms with Gasteiger partial charge in [0.15, 0.2) is 0 Å². The first kappa shape index (κ1) is 9.82. The van der Waals surface area contributed by atoms with Gasteiger partial charge in [0, 0.05) is 25.5 Å². The van der Waals surface area contributed by atoms with E-state index in [1.165, 1.54) is 5.56 Å². The molecule has 0 spiro atoms. The van der Waals surface area contributed by atoms with Gasteiger partial charge in [-0.3, -0.25) is 0 Å². The molecule has 3 nitrogen and oxygen atoms in total. The van der Waals surface area contributed by atoms with Crippen LogP contribution in [0.5, 0.6) is 0 Å². The van der Waals surface area contributed by atoms with Crippen LogP contribution in [0.3, 0.4) is 0 Å². The summed E-state index contributed by atoms with van der Waals surface area (Å²) >= 11 is 0. The molecule has 1 rings (SSSR count). The van der Waals surface area contributed by atoms with Gasteiger partial charge in [-0.15, -0.1) is 0 Å². The number of nitriles is 1. The molecular weight excluding hydrogens is 162 g/mol. The van der Waals surface area contributed by atoms with Crippen LogP contribution in [0.1, 0.15) is 19.4 Å². The standard InChI is InChI=1S/C10H15N3/c1-10(2,7-11)8-13-6-9-3-4-12-5-9/h3-5,12-13H,6,8H2,1-2H3. The summed E-state index contributed by atoms with van der Waals surface area (Å²) in [5.41, 5.74) is 0.935. The number of aromatic amines is 1. The third-order valence-corrected chi connectivity index (χ3v) is 1.86. The lowest BCUT2D eigenvalue weighted by atomic mass is 9.96. The van der Waals surface area contributed by atoms with Crippen LogP contribution in [0.4, 0.5) is 0 Å². The number of hydrogen-bond donors (Lipinski definition) is 2. The fraction of sp³-hybridized carbons (Fsp3) is 0.500. The fourth-order valence-corrected chi connectivity index (χ4v) is 1.03. The second kappa shape index (κ2) is 4.11. The zero-order chi connectivity index (χ0) is 9.73. The Hall–Kier alpha value is -1.27. The number of nitrogens with one attached hydrogen (secondary N) is 2. The van der Waals surface area contributed by atoms with Crippen molar-refractivity contribution in [2.75, 3.05) is 6.54 Å². The molecule has 1 heterocycles. The predicted octanol–water partition coefficient (Wildman–Crippen LogP) is 1.65. The van der Waals surface area contributed by atoms with Crippen molar-refractivity contribution in [1.29, 1.82) is 5.26 Å². The van der Waals surface area contributed by atoms with E-state index in [2.05, 4.69) is 16.4 Å². The van der Waals surface area contributed by atoms with Gasteiger partial charge in [-0.2, -0.15) is 5.26 Å². The fourth-order valence-electron chi connectivity index (χ4n) is 1.03. The Morgan fingerprint density at radius 2 is 2.38 bits per heavy atom. The van der Waals surface area contributed by atoms with Crippen LogP contribution in [-0.4, -0.2) is 11.5 Å². The Morgan fingerprint density at radius 1 is 1.62 bits per heavy atom. The average molecular weight is 177 g/mol. The lowest BCUT2D eigenvalue weighted by Crippen LogP contribution is -2.27. The van der Waals surface area contributed by atoms with Crippen molar-refractivity contribution in [3.05, 3.63) is 24.0 Å². The Morgan fingerprint density at radius 3 is 2.92 bits per heavy atom. The van der Waals surface area contributed by atoms with Gasteiger partial charge in [0.25, 0.3) is 0 Å². The van der Waals surface area contributed by atoms with E-state index in [-0.39, 0.29) is 5.41 Å². The number of aromatic nitrogens is 1. The molecule has 13 heavy (non-hydrogen) atoms. The molecule has 0 radical (unpaired) electrons. The predicted molar refractivity (Wildman–Crippen MR) is 51.9 cm³/mol. The van der Waals surface area contributed by atoms with E-state index >= 15 is 0 Å². The molecule has 0 saturated heterocycles. The molecule has 0 aromatic carbocycles. The van der Waals surface area contributed by atoms with E-state index in [0.29, 0.717) is 6.54 Å². The molecule has 0 bridgehead atoms. The van der Waals surface area contributed by atoms with Gasteiger partial charge in [0.1, 0.15) is 0 Å². The van der Waals surface area contributed by atoms with Crippen molar-refractivity contribution in [3.63, 3.8) is 0 Å². The minimum Gasteiger partial charge on any atom is -0.367 e. The van der Waals surface area contributed by atoms with Gasteiger partial charge in [0.2, 0.25) is 0 Å². The lowest BCUT2D eigenvalue weighted by molar-refractivity contribution is 0.445. The highest BCUT2D eigenvalue weighted by atomic mass is 14.9. The van der Waals surface area contributed by atoms with Crippen molar-refractivity contribution < 1.29 is 0 Å². The Kier molecular flexibility index (Phi) is 3.10. The minimum absolute atomic E-state index is 0.281. The Balaban J connectivity index is 2.26. The average Bonchev–Trinajstić information content (AvgIpc) is 2.57. The summed E-state index contributed by atoms with van der Waals surface area (Å²) in [7, 11) is 0. The van der Waals surface area contributed by atoms with Gasteiger partial charge in [-0.25, -0.2) is 0 Å². The van der Waals surface area contributed by atoms with Gasteiger partial charge < -0.3 is 10.3 Å². The summed E-state index contributed by atoms with van der Waals surface area (Å²) in [5.74, 6) is 0. The summed E-state index contributed by atoms with van der Waals surface area (Å²) < 4.78 is 0. The molecule has 2 N–H and O–H groups in total. The van der Waals surface area contributed by atoms with Crippen LogP contribution in [-0.2, 0) is 6.54 Å². The molecule has 0 fully saturated rings. The quantitative estimate of drug-likeness (QED) is 0.734. The van der Waals surface area contributed by atoms with E-state index in [1.54, 1.807) is 0 Å². The van der Waals surface area contributed by atoms with Crippen LogP contribution in [0.2, 0.25) is 0 Å². The van der Waals surface area contributed by atoms with E-state index in [1.807, 2.05) is 32.3 Å². The van der Waals surface area contributed by atoms with Crippen LogP contribution in [0.15, 0.2) is 18.5 Å². The molecule has 0 saturated carbocycles. The van der Waals surface area contributed by atoms with Crippen LogP contribution in [0.25, 0.3) is 0 Å². The maximum absolute atomic E-state index is 8.76. The molecule has 1 aromatic rings. The van der Waals surface area contributed by atoms with Crippen molar-refractivity contribution in [2.24, 2.45) is 5.41 Å². The van der Waals surface area contributed by atoms with E-state index < -0.39 is 0 Å². The number of H-pyrrole nitrogens is 1. The second-order valence-electron chi connectivity index (χ2n) is 3.82. The Bertz CT molecular complexity index is 280. The highest BCUT2D eigenvalue weighted by molar-refractivity contribution is 5.07. The van der Waals surface area contributed by atoms with E-state index in [9.17, 15) is 0 Å². The first-order valence-electron chi connectivity index (χ1n) is 4.38. The molecule has 0 aliphatic rings. The summed E-state index contributed by atoms with van der Waals surface area (Å²) in [6, 6.07) is 4.27. The van der Waals surface area contributed by atoms with Gasteiger partial charge in [-0.05, 0) is 25.5 Å². The van der Waals surface area contributed by atoms with Crippen LogP contribution in [0, 0.1) is 16.7 Å². The number of rotatable bonds is 4. The van der Waals surface area contributed by atoms with E-state index in [4.69, 9.17) is 5.26 Å². The third-order valence-electron chi connectivity index (χ3n) is 1.86. The van der Waals surface area contributed by atoms with E-state index in [0.717, 1.165) is 6.54 Å². The molecule has 0 aliphatic carbocycles. The first-order chi connectivity index (χ1) is 6.14. The van der Waals surface area contributed by atoms with Gasteiger partial charge >= 0.3 is 0 Å². The largest absolute Gasteiger partial charge is 0.367 e. The Labute approximate surface area is 78.8 Å². The smallest absolute Gasteiger partial charge is 0.0697 e. The third kappa shape index (κ3) is 3.30. The molecular formula is C10H15N3.